The molecule has 2 saturated heterocycles. The molecule has 156 valence electrons. The Hall–Kier alpha value is -1.39. The molecule has 2 aliphatic heterocycles. The van der Waals surface area contributed by atoms with E-state index in [1.165, 1.54) is 56.9 Å². The minimum Gasteiger partial charge on any atom is -0.456 e. The molecule has 1 aromatic carbocycles. The highest BCUT2D eigenvalue weighted by atomic mass is 17.2. The fourth-order valence-corrected chi connectivity index (χ4v) is 4.63. The summed E-state index contributed by atoms with van der Waals surface area (Å²) in [6.07, 6.45) is 13.2. The van der Waals surface area contributed by atoms with Gasteiger partial charge in [0.25, 0.3) is 0 Å². The van der Waals surface area contributed by atoms with Crippen LogP contribution in [0, 0.1) is 0 Å². The highest BCUT2D eigenvalue weighted by molar-refractivity contribution is 5.73. The van der Waals surface area contributed by atoms with Gasteiger partial charge in [0.1, 0.15) is 17.3 Å². The summed E-state index contributed by atoms with van der Waals surface area (Å²) in [7, 11) is 0. The fraction of sp³-hybridized carbons (Fsp3) is 0.708. The second-order valence-corrected chi connectivity index (χ2v) is 9.10. The third kappa shape index (κ3) is 6.05. The van der Waals surface area contributed by atoms with Crippen molar-refractivity contribution < 1.29 is 19.3 Å². The number of rotatable bonds is 11. The molecule has 2 fully saturated rings. The molecule has 0 spiro atoms. The highest BCUT2D eigenvalue weighted by Crippen LogP contribution is 2.44. The monoisotopic (exact) mass is 388 g/mol. The van der Waals surface area contributed by atoms with Crippen LogP contribution in [0.15, 0.2) is 30.3 Å². The van der Waals surface area contributed by atoms with E-state index >= 15 is 0 Å². The van der Waals surface area contributed by atoms with Crippen LogP contribution in [0.4, 0.5) is 0 Å². The Morgan fingerprint density at radius 1 is 0.929 bits per heavy atom. The number of aryl methyl sites for hydroxylation is 1. The predicted molar refractivity (Wildman–Crippen MR) is 110 cm³/mol. The molecule has 0 aliphatic carbocycles. The van der Waals surface area contributed by atoms with Crippen LogP contribution in [0.25, 0.3) is 0 Å². The quantitative estimate of drug-likeness (QED) is 0.268. The van der Waals surface area contributed by atoms with Crippen molar-refractivity contribution >= 4 is 5.97 Å². The molecule has 0 aromatic heterocycles. The largest absolute Gasteiger partial charge is 0.456 e. The van der Waals surface area contributed by atoms with Crippen molar-refractivity contribution in [2.75, 3.05) is 0 Å². The Morgan fingerprint density at radius 2 is 1.57 bits per heavy atom. The summed E-state index contributed by atoms with van der Waals surface area (Å²) in [5.74, 6) is -0.177. The minimum absolute atomic E-state index is 0.177. The van der Waals surface area contributed by atoms with Crippen LogP contribution >= 0.6 is 0 Å². The van der Waals surface area contributed by atoms with E-state index in [4.69, 9.17) is 14.5 Å². The first-order valence-corrected chi connectivity index (χ1v) is 11.1. The summed E-state index contributed by atoms with van der Waals surface area (Å²) in [5, 5.41) is 0. The van der Waals surface area contributed by atoms with Crippen LogP contribution < -0.4 is 0 Å². The van der Waals surface area contributed by atoms with Gasteiger partial charge in [0.15, 0.2) is 0 Å². The van der Waals surface area contributed by atoms with Crippen molar-refractivity contribution in [3.63, 3.8) is 0 Å². The van der Waals surface area contributed by atoms with Gasteiger partial charge in [0.05, 0.1) is 6.42 Å². The molecule has 2 heterocycles. The van der Waals surface area contributed by atoms with Gasteiger partial charge in [-0.2, -0.15) is 0 Å². The minimum atomic E-state index is -0.524. The Kier molecular flexibility index (Phi) is 7.53. The second-order valence-electron chi connectivity index (χ2n) is 9.10. The van der Waals surface area contributed by atoms with Gasteiger partial charge in [-0.25, -0.2) is 9.78 Å². The Morgan fingerprint density at radius 3 is 2.29 bits per heavy atom. The third-order valence-corrected chi connectivity index (χ3v) is 6.23. The predicted octanol–water partition coefficient (Wildman–Crippen LogP) is 5.92. The zero-order valence-electron chi connectivity index (χ0n) is 17.6. The first-order valence-electron chi connectivity index (χ1n) is 11.1. The number of ether oxygens (including phenoxy) is 1. The van der Waals surface area contributed by atoms with Crippen molar-refractivity contribution in [3.8, 4) is 0 Å². The Bertz CT molecular complexity index is 616. The van der Waals surface area contributed by atoms with Gasteiger partial charge >= 0.3 is 5.97 Å². The van der Waals surface area contributed by atoms with E-state index in [0.717, 1.165) is 19.3 Å². The summed E-state index contributed by atoms with van der Waals surface area (Å²) in [5.41, 5.74) is 0.578. The lowest BCUT2D eigenvalue weighted by Gasteiger charge is -2.43. The number of hydrogen-bond donors (Lipinski definition) is 0. The van der Waals surface area contributed by atoms with E-state index in [2.05, 4.69) is 37.3 Å². The van der Waals surface area contributed by atoms with E-state index < -0.39 is 5.60 Å². The number of hydrogen-bond acceptors (Lipinski definition) is 4. The number of fused-ring (bicyclic) bond motifs is 1. The summed E-state index contributed by atoms with van der Waals surface area (Å²) < 4.78 is 5.52. The lowest BCUT2D eigenvalue weighted by molar-refractivity contribution is -0.428. The molecular formula is C24H36O4. The lowest BCUT2D eigenvalue weighted by Crippen LogP contribution is -2.51. The summed E-state index contributed by atoms with van der Waals surface area (Å²) in [6.45, 7) is 4.05. The molecule has 0 saturated carbocycles. The number of benzene rings is 1. The van der Waals surface area contributed by atoms with Gasteiger partial charge in [-0.15, -0.1) is 0 Å². The van der Waals surface area contributed by atoms with Crippen molar-refractivity contribution in [2.24, 2.45) is 0 Å². The van der Waals surface area contributed by atoms with Crippen LogP contribution in [-0.4, -0.2) is 23.3 Å². The molecule has 2 aliphatic rings. The maximum Gasteiger partial charge on any atom is 0.309 e. The van der Waals surface area contributed by atoms with Crippen molar-refractivity contribution in [3.05, 3.63) is 35.9 Å². The first-order chi connectivity index (χ1) is 13.5. The van der Waals surface area contributed by atoms with Crippen LogP contribution in [0.1, 0.15) is 90.0 Å². The second kappa shape index (κ2) is 9.89. The van der Waals surface area contributed by atoms with Crippen LogP contribution in [-0.2, 0) is 25.7 Å². The van der Waals surface area contributed by atoms with Crippen LogP contribution in [0.5, 0.6) is 0 Å². The molecule has 0 unspecified atom stereocenters. The molecule has 4 heteroatoms. The summed E-state index contributed by atoms with van der Waals surface area (Å²) in [6, 6.07) is 10.8. The van der Waals surface area contributed by atoms with Gasteiger partial charge in [-0.3, -0.25) is 4.79 Å². The SMILES string of the molecule is C[C@@]1(CCCCCCCCCCc2ccccc2)C[C@]2(C)OC(=O)C[C@@H]2OO1. The molecule has 0 bridgehead atoms. The molecule has 0 radical (unpaired) electrons. The van der Waals surface area contributed by atoms with E-state index in [1.807, 2.05) is 6.92 Å². The number of carbonyl (C=O) groups excluding carboxylic acids is 1. The molecule has 1 aromatic rings. The molecule has 3 rings (SSSR count). The van der Waals surface area contributed by atoms with E-state index in [1.54, 1.807) is 0 Å². The molecule has 28 heavy (non-hydrogen) atoms. The third-order valence-electron chi connectivity index (χ3n) is 6.23. The van der Waals surface area contributed by atoms with E-state index in [9.17, 15) is 4.79 Å². The van der Waals surface area contributed by atoms with Gasteiger partial charge < -0.3 is 4.74 Å². The number of carbonyl (C=O) groups is 1. The molecular weight excluding hydrogens is 352 g/mol. The average molecular weight is 389 g/mol. The summed E-state index contributed by atoms with van der Waals surface area (Å²) in [4.78, 5) is 22.7. The molecule has 3 atom stereocenters. The van der Waals surface area contributed by atoms with Crippen LogP contribution in [0.2, 0.25) is 0 Å². The summed E-state index contributed by atoms with van der Waals surface area (Å²) >= 11 is 0. The standard InChI is InChI=1S/C24H36O4/c1-23(19-24(2)21(27-28-23)18-22(25)26-24)17-13-8-6-4-3-5-7-10-14-20-15-11-9-12-16-20/h9,11-12,15-16,21H,3-8,10,13-14,17-19H2,1-2H3/t21-,23+,24-/m0/s1. The van der Waals surface area contributed by atoms with Crippen LogP contribution in [0.3, 0.4) is 0 Å². The first kappa shape index (κ1) is 21.3. The maximum atomic E-state index is 11.6. The topological polar surface area (TPSA) is 44.8 Å². The molecule has 0 N–H and O–H groups in total. The molecule has 0 amide bonds. The average Bonchev–Trinajstić information content (AvgIpc) is 2.96. The normalized spacial score (nSPS) is 29.5. The van der Waals surface area contributed by atoms with Crippen molar-refractivity contribution in [1.29, 1.82) is 0 Å². The van der Waals surface area contributed by atoms with Gasteiger partial charge in [0.2, 0.25) is 0 Å². The Labute approximate surface area is 169 Å². The fourth-order valence-electron chi connectivity index (χ4n) is 4.63. The van der Waals surface area contributed by atoms with Crippen molar-refractivity contribution in [1.82, 2.24) is 0 Å². The number of unbranched alkanes of at least 4 members (excludes halogenated alkanes) is 7. The van der Waals surface area contributed by atoms with Gasteiger partial charge in [-0.05, 0) is 38.7 Å². The zero-order valence-corrected chi connectivity index (χ0v) is 17.6. The van der Waals surface area contributed by atoms with Gasteiger partial charge in [0, 0.05) is 6.42 Å². The Balaban J connectivity index is 1.20. The van der Waals surface area contributed by atoms with Gasteiger partial charge in [-0.1, -0.05) is 75.3 Å². The number of esters is 1. The zero-order chi connectivity index (χ0) is 19.9. The van der Waals surface area contributed by atoms with E-state index in [0.29, 0.717) is 6.42 Å². The lowest BCUT2D eigenvalue weighted by atomic mass is 9.82. The smallest absolute Gasteiger partial charge is 0.309 e. The van der Waals surface area contributed by atoms with Crippen molar-refractivity contribution in [2.45, 2.75) is 108 Å². The highest BCUT2D eigenvalue weighted by Gasteiger charge is 2.55. The van der Waals surface area contributed by atoms with E-state index in [-0.39, 0.29) is 17.7 Å². The maximum absolute atomic E-state index is 11.6. The molecule has 4 nitrogen and oxygen atoms in total.